The van der Waals surface area contributed by atoms with Crippen LogP contribution in [0.1, 0.15) is 25.7 Å². The van der Waals surface area contributed by atoms with Crippen LogP contribution in [-0.2, 0) is 0 Å². The second-order valence-corrected chi connectivity index (χ2v) is 7.40. The third-order valence-corrected chi connectivity index (χ3v) is 6.34. The summed E-state index contributed by atoms with van der Waals surface area (Å²) in [5, 5.41) is 1.50. The first kappa shape index (κ1) is 11.4. The van der Waals surface area contributed by atoms with Crippen LogP contribution < -0.4 is 0 Å². The van der Waals surface area contributed by atoms with E-state index in [0.29, 0.717) is 0 Å². The Morgan fingerprint density at radius 2 is 1.92 bits per heavy atom. The molecule has 68 valence electrons. The van der Waals surface area contributed by atoms with E-state index < -0.39 is 0 Å². The van der Waals surface area contributed by atoms with Crippen LogP contribution in [-0.4, -0.2) is 55.9 Å². The molecule has 2 unspecified atom stereocenters. The van der Waals surface area contributed by atoms with Crippen LogP contribution in [0.3, 0.4) is 0 Å². The van der Waals surface area contributed by atoms with Crippen molar-refractivity contribution in [1.82, 2.24) is 0 Å². The Labute approximate surface area is 97.1 Å². The number of hydrogen-bond donors (Lipinski definition) is 0. The predicted molar refractivity (Wildman–Crippen MR) is 59.9 cm³/mol. The van der Waals surface area contributed by atoms with Gasteiger partial charge in [0.25, 0.3) is 0 Å². The summed E-state index contributed by atoms with van der Waals surface area (Å²) in [6.07, 6.45) is 5.54. The first-order valence-electron chi connectivity index (χ1n) is 4.35. The molecule has 0 amide bonds. The van der Waals surface area contributed by atoms with E-state index in [4.69, 9.17) is 0 Å². The molecule has 1 aliphatic heterocycles. The van der Waals surface area contributed by atoms with E-state index in [1.54, 1.807) is 0 Å². The van der Waals surface area contributed by atoms with E-state index in [0.717, 1.165) is 25.7 Å². The molecule has 0 saturated carbocycles. The van der Waals surface area contributed by atoms with Crippen molar-refractivity contribution in [2.45, 2.75) is 35.8 Å². The molecule has 1 heterocycles. The molecule has 2 atom stereocenters. The molecule has 0 aromatic heterocycles. The van der Waals surface area contributed by atoms with Gasteiger partial charge in [0.05, 0.1) is 0 Å². The summed E-state index contributed by atoms with van der Waals surface area (Å²) in [7, 11) is 0. The van der Waals surface area contributed by atoms with Gasteiger partial charge in [-0.25, -0.2) is 0 Å². The van der Waals surface area contributed by atoms with Crippen LogP contribution in [0.4, 0.5) is 0 Å². The van der Waals surface area contributed by atoms with E-state index in [9.17, 15) is 0 Å². The quantitative estimate of drug-likeness (QED) is 0.658. The molecule has 0 nitrogen and oxygen atoms in total. The van der Waals surface area contributed by atoms with E-state index >= 15 is 0 Å². The van der Waals surface area contributed by atoms with Gasteiger partial charge in [0.15, 0.2) is 0 Å². The summed E-state index contributed by atoms with van der Waals surface area (Å²) in [6, 6.07) is 0. The van der Waals surface area contributed by atoms with Crippen molar-refractivity contribution in [1.29, 1.82) is 0 Å². The third kappa shape index (κ3) is 4.00. The normalized spacial score (nSPS) is 29.7. The van der Waals surface area contributed by atoms with Crippen LogP contribution in [0.5, 0.6) is 0 Å². The van der Waals surface area contributed by atoms with Crippen LogP contribution in [0.25, 0.3) is 0 Å². The van der Waals surface area contributed by atoms with Crippen LogP contribution >= 0.6 is 0 Å². The summed E-state index contributed by atoms with van der Waals surface area (Å²) in [4.78, 5) is 5.46. The molecule has 1 rings (SSSR count). The van der Waals surface area contributed by atoms with Gasteiger partial charge in [0.1, 0.15) is 0 Å². The zero-order valence-corrected chi connectivity index (χ0v) is 12.2. The van der Waals surface area contributed by atoms with Crippen LogP contribution in [0, 0.1) is 5.92 Å². The summed E-state index contributed by atoms with van der Waals surface area (Å²) in [5.74, 6) is 1.00. The van der Waals surface area contributed by atoms with E-state index in [1.165, 1.54) is 31.0 Å². The van der Waals surface area contributed by atoms with Gasteiger partial charge in [-0.1, -0.05) is 0 Å². The van der Waals surface area contributed by atoms with Gasteiger partial charge < -0.3 is 0 Å². The molecular formula is C9H14Se3. The van der Waals surface area contributed by atoms with E-state index in [2.05, 4.69) is 41.0 Å². The molecule has 0 spiro atoms. The molecule has 1 saturated heterocycles. The van der Waals surface area contributed by atoms with Crippen molar-refractivity contribution < 1.29 is 0 Å². The van der Waals surface area contributed by atoms with Crippen molar-refractivity contribution >= 4 is 55.9 Å². The number of rotatable bonds is 4. The van der Waals surface area contributed by atoms with E-state index in [1.807, 2.05) is 0 Å². The summed E-state index contributed by atoms with van der Waals surface area (Å²) in [5.41, 5.74) is 0. The Balaban J connectivity index is 2.19. The Kier molecular flexibility index (Phi) is 6.36. The van der Waals surface area contributed by atoms with Gasteiger partial charge in [-0.15, -0.1) is 0 Å². The molecular weight excluding hydrogens is 345 g/mol. The minimum atomic E-state index is 0.909. The Bertz CT molecular complexity index is 130. The van der Waals surface area contributed by atoms with Crippen molar-refractivity contribution in [2.75, 3.05) is 0 Å². The van der Waals surface area contributed by atoms with Gasteiger partial charge in [-0.2, -0.15) is 0 Å². The van der Waals surface area contributed by atoms with Crippen LogP contribution in [0.15, 0.2) is 0 Å². The first-order chi connectivity index (χ1) is 5.86. The topological polar surface area (TPSA) is 0 Å². The summed E-state index contributed by atoms with van der Waals surface area (Å²) in [6.45, 7) is 0. The zero-order chi connectivity index (χ0) is 8.81. The fourth-order valence-corrected chi connectivity index (χ4v) is 6.05. The Morgan fingerprint density at radius 1 is 1.17 bits per heavy atom. The van der Waals surface area contributed by atoms with E-state index in [-0.39, 0.29) is 0 Å². The predicted octanol–water partition coefficient (Wildman–Crippen LogP) is 1.03. The average molecular weight is 359 g/mol. The van der Waals surface area contributed by atoms with Crippen LogP contribution in [0.2, 0.25) is 10.1 Å². The van der Waals surface area contributed by atoms with Crippen molar-refractivity contribution in [3.8, 4) is 0 Å². The van der Waals surface area contributed by atoms with Crippen molar-refractivity contribution in [3.05, 3.63) is 0 Å². The second-order valence-electron chi connectivity index (χ2n) is 3.20. The molecule has 0 aromatic rings. The first-order valence-corrected chi connectivity index (χ1v) is 8.53. The minimum absolute atomic E-state index is 0.909. The SMILES string of the molecule is [Se]=CCC1CCC(CC=[Se])[Se]C1. The van der Waals surface area contributed by atoms with Gasteiger partial charge in [0.2, 0.25) is 0 Å². The molecule has 1 fully saturated rings. The molecule has 0 bridgehead atoms. The maximum absolute atomic E-state index is 3.00. The summed E-state index contributed by atoms with van der Waals surface area (Å²) >= 11 is 6.91. The second kappa shape index (κ2) is 6.71. The molecule has 1 aliphatic rings. The average Bonchev–Trinajstić information content (AvgIpc) is 2.09. The van der Waals surface area contributed by atoms with Gasteiger partial charge >= 0.3 is 97.7 Å². The molecule has 0 aromatic carbocycles. The fourth-order valence-electron chi connectivity index (χ4n) is 1.48. The van der Waals surface area contributed by atoms with Gasteiger partial charge in [-0.05, 0) is 0 Å². The third-order valence-electron chi connectivity index (χ3n) is 2.25. The monoisotopic (exact) mass is 362 g/mol. The van der Waals surface area contributed by atoms with Crippen molar-refractivity contribution in [3.63, 3.8) is 0 Å². The molecule has 3 heteroatoms. The van der Waals surface area contributed by atoms with Gasteiger partial charge in [-0.3, -0.25) is 0 Å². The molecule has 0 radical (unpaired) electrons. The van der Waals surface area contributed by atoms with Gasteiger partial charge in [0, 0.05) is 0 Å². The molecule has 0 N–H and O–H groups in total. The fraction of sp³-hybridized carbons (Fsp3) is 0.778. The van der Waals surface area contributed by atoms with Crippen molar-refractivity contribution in [2.24, 2.45) is 5.92 Å². The summed E-state index contributed by atoms with van der Waals surface area (Å²) < 4.78 is 0. The Morgan fingerprint density at radius 3 is 2.42 bits per heavy atom. The maximum atomic E-state index is 3.00. The molecule has 0 aliphatic carbocycles. The molecule has 12 heavy (non-hydrogen) atoms. The zero-order valence-electron chi connectivity index (χ0n) is 7.07. The number of hydrogen-bond acceptors (Lipinski definition) is 0. The Hall–Kier alpha value is 1.30. The standard InChI is InChI=1S/C9H14Se3/c10-5-3-8-1-2-9(4-6-11)12-7-8/h5-6,8-9H,1-4,7H2.